The molecule has 3 aliphatic rings. The number of carbonyl (C=O) groups excluding carboxylic acids is 1. The zero-order valence-corrected chi connectivity index (χ0v) is 21.1. The maximum absolute atomic E-state index is 13.0. The Hall–Kier alpha value is -2.88. The molecule has 1 aromatic carbocycles. The van der Waals surface area contributed by atoms with E-state index in [4.69, 9.17) is 4.98 Å². The molecule has 37 heavy (non-hydrogen) atoms. The van der Waals surface area contributed by atoms with E-state index in [-0.39, 0.29) is 18.0 Å². The molecule has 3 saturated heterocycles. The molecule has 1 aromatic heterocycles. The molecule has 0 spiro atoms. The number of amides is 1. The lowest BCUT2D eigenvalue weighted by Crippen LogP contribution is -2.49. The van der Waals surface area contributed by atoms with E-state index in [0.29, 0.717) is 24.6 Å². The van der Waals surface area contributed by atoms with E-state index < -0.39 is 11.7 Å². The van der Waals surface area contributed by atoms with Crippen molar-refractivity contribution >= 4 is 17.7 Å². The number of anilines is 2. The molecule has 0 radical (unpaired) electrons. The van der Waals surface area contributed by atoms with Gasteiger partial charge < -0.3 is 15.1 Å². The molecule has 7 nitrogen and oxygen atoms in total. The van der Waals surface area contributed by atoms with Gasteiger partial charge in [0.15, 0.2) is 0 Å². The van der Waals surface area contributed by atoms with Crippen molar-refractivity contribution in [2.45, 2.75) is 63.2 Å². The van der Waals surface area contributed by atoms with Crippen LogP contribution < -0.4 is 10.2 Å². The molecule has 0 saturated carbocycles. The molecule has 1 amide bonds. The first-order valence-corrected chi connectivity index (χ1v) is 13.4. The molecule has 3 fully saturated rings. The predicted octanol–water partition coefficient (Wildman–Crippen LogP) is 4.67. The second-order valence-electron chi connectivity index (χ2n) is 10.4. The summed E-state index contributed by atoms with van der Waals surface area (Å²) >= 11 is 0. The number of likely N-dealkylation sites (tertiary alicyclic amines) is 2. The standard InChI is InChI=1S/C27H35F3N6O/c28-27(29,30)21-9-7-20(8-10-21)25(37)36-16-5-6-23(19-36)35-17-12-22(18-35)32-26-31-13-11-24(33-26)34-14-3-1-2-4-15-34/h7-11,13,22-23H,1-6,12,14-19H2,(H,31,32,33). The SMILES string of the molecule is O=C(c1ccc(C(F)(F)F)cc1)N1CCCC(N2CCC(Nc3nccc(N4CCCCCC4)n3)C2)C1. The number of alkyl halides is 3. The average molecular weight is 517 g/mol. The number of benzene rings is 1. The summed E-state index contributed by atoms with van der Waals surface area (Å²) < 4.78 is 38.6. The van der Waals surface area contributed by atoms with Gasteiger partial charge in [0.25, 0.3) is 5.91 Å². The Morgan fingerprint density at radius 1 is 0.892 bits per heavy atom. The molecule has 5 rings (SSSR count). The van der Waals surface area contributed by atoms with Crippen LogP contribution in [-0.2, 0) is 6.18 Å². The van der Waals surface area contributed by atoms with E-state index in [1.54, 1.807) is 4.90 Å². The number of halogens is 3. The molecule has 3 aliphatic heterocycles. The molecule has 4 heterocycles. The number of nitrogens with one attached hydrogen (secondary N) is 1. The topological polar surface area (TPSA) is 64.6 Å². The highest BCUT2D eigenvalue weighted by atomic mass is 19.4. The van der Waals surface area contributed by atoms with E-state index in [1.807, 2.05) is 12.3 Å². The molecule has 2 atom stereocenters. The highest BCUT2D eigenvalue weighted by molar-refractivity contribution is 5.94. The van der Waals surface area contributed by atoms with Crippen molar-refractivity contribution < 1.29 is 18.0 Å². The largest absolute Gasteiger partial charge is 0.416 e. The molecule has 10 heteroatoms. The van der Waals surface area contributed by atoms with Gasteiger partial charge >= 0.3 is 6.18 Å². The number of carbonyl (C=O) groups is 1. The summed E-state index contributed by atoms with van der Waals surface area (Å²) in [4.78, 5) is 28.8. The van der Waals surface area contributed by atoms with Crippen LogP contribution in [-0.4, -0.2) is 77.0 Å². The van der Waals surface area contributed by atoms with Crippen LogP contribution in [0.5, 0.6) is 0 Å². The number of nitrogens with zero attached hydrogens (tertiary/aromatic N) is 5. The molecule has 0 aliphatic carbocycles. The fraction of sp³-hybridized carbons (Fsp3) is 0.593. The van der Waals surface area contributed by atoms with Crippen LogP contribution in [0.25, 0.3) is 0 Å². The first-order chi connectivity index (χ1) is 17.9. The van der Waals surface area contributed by atoms with Crippen LogP contribution in [0.1, 0.15) is 60.9 Å². The first kappa shape index (κ1) is 25.8. The molecular weight excluding hydrogens is 481 g/mol. The average Bonchev–Trinajstić information content (AvgIpc) is 3.20. The Morgan fingerprint density at radius 2 is 1.65 bits per heavy atom. The summed E-state index contributed by atoms with van der Waals surface area (Å²) in [6.07, 6.45) is 5.23. The first-order valence-electron chi connectivity index (χ1n) is 13.4. The van der Waals surface area contributed by atoms with Gasteiger partial charge in [-0.2, -0.15) is 18.2 Å². The van der Waals surface area contributed by atoms with Crippen molar-refractivity contribution in [3.05, 3.63) is 47.7 Å². The van der Waals surface area contributed by atoms with Crippen LogP contribution >= 0.6 is 0 Å². The van der Waals surface area contributed by atoms with Crippen molar-refractivity contribution in [2.75, 3.05) is 49.5 Å². The molecule has 2 aromatic rings. The Balaban J connectivity index is 1.16. The quantitative estimate of drug-likeness (QED) is 0.624. The monoisotopic (exact) mass is 516 g/mol. The van der Waals surface area contributed by atoms with Crippen molar-refractivity contribution in [2.24, 2.45) is 0 Å². The van der Waals surface area contributed by atoms with E-state index in [0.717, 1.165) is 63.4 Å². The predicted molar refractivity (Wildman–Crippen MR) is 137 cm³/mol. The summed E-state index contributed by atoms with van der Waals surface area (Å²) in [5, 5.41) is 3.52. The van der Waals surface area contributed by atoms with E-state index in [9.17, 15) is 18.0 Å². The van der Waals surface area contributed by atoms with Gasteiger partial charge in [0, 0.05) is 63.1 Å². The fourth-order valence-corrected chi connectivity index (χ4v) is 5.74. The van der Waals surface area contributed by atoms with Crippen molar-refractivity contribution in [1.82, 2.24) is 19.8 Å². The zero-order valence-electron chi connectivity index (χ0n) is 21.1. The maximum atomic E-state index is 13.0. The van der Waals surface area contributed by atoms with Gasteiger partial charge in [0.1, 0.15) is 5.82 Å². The zero-order chi connectivity index (χ0) is 25.8. The lowest BCUT2D eigenvalue weighted by Gasteiger charge is -2.37. The number of piperidine rings is 1. The minimum Gasteiger partial charge on any atom is -0.356 e. The summed E-state index contributed by atoms with van der Waals surface area (Å²) in [7, 11) is 0. The van der Waals surface area contributed by atoms with Gasteiger partial charge in [-0.3, -0.25) is 9.69 Å². The molecular formula is C27H35F3N6O. The highest BCUT2D eigenvalue weighted by Crippen LogP contribution is 2.30. The Morgan fingerprint density at radius 3 is 2.38 bits per heavy atom. The number of rotatable bonds is 5. The second kappa shape index (κ2) is 11.2. The van der Waals surface area contributed by atoms with Crippen LogP contribution in [0, 0.1) is 0 Å². The Bertz CT molecular complexity index is 1050. The van der Waals surface area contributed by atoms with Gasteiger partial charge in [-0.1, -0.05) is 12.8 Å². The fourth-order valence-electron chi connectivity index (χ4n) is 5.74. The van der Waals surface area contributed by atoms with Gasteiger partial charge in [-0.05, 0) is 62.4 Å². The third-order valence-electron chi connectivity index (χ3n) is 7.78. The number of hydrogen-bond donors (Lipinski definition) is 1. The Kier molecular flexibility index (Phi) is 7.83. The second-order valence-corrected chi connectivity index (χ2v) is 10.4. The molecule has 2 unspecified atom stereocenters. The maximum Gasteiger partial charge on any atom is 0.416 e. The van der Waals surface area contributed by atoms with E-state index in [2.05, 4.69) is 20.1 Å². The van der Waals surface area contributed by atoms with Gasteiger partial charge in [0.2, 0.25) is 5.95 Å². The normalized spacial score (nSPS) is 23.6. The van der Waals surface area contributed by atoms with Gasteiger partial charge in [-0.15, -0.1) is 0 Å². The summed E-state index contributed by atoms with van der Waals surface area (Å²) in [5.41, 5.74) is -0.437. The van der Waals surface area contributed by atoms with E-state index in [1.165, 1.54) is 37.8 Å². The van der Waals surface area contributed by atoms with E-state index >= 15 is 0 Å². The smallest absolute Gasteiger partial charge is 0.356 e. The van der Waals surface area contributed by atoms with Gasteiger partial charge in [-0.25, -0.2) is 4.98 Å². The number of hydrogen-bond acceptors (Lipinski definition) is 6. The minimum atomic E-state index is -4.41. The summed E-state index contributed by atoms with van der Waals surface area (Å²) in [5.74, 6) is 1.45. The van der Waals surface area contributed by atoms with Crippen LogP contribution in [0.4, 0.5) is 24.9 Å². The summed E-state index contributed by atoms with van der Waals surface area (Å²) in [6.45, 7) is 5.07. The lowest BCUT2D eigenvalue weighted by atomic mass is 10.0. The summed E-state index contributed by atoms with van der Waals surface area (Å²) in [6, 6.07) is 6.99. The van der Waals surface area contributed by atoms with Crippen molar-refractivity contribution in [1.29, 1.82) is 0 Å². The third-order valence-corrected chi connectivity index (χ3v) is 7.78. The third kappa shape index (κ3) is 6.34. The van der Waals surface area contributed by atoms with Gasteiger partial charge in [0.05, 0.1) is 5.56 Å². The van der Waals surface area contributed by atoms with Crippen LogP contribution in [0.2, 0.25) is 0 Å². The van der Waals surface area contributed by atoms with Crippen LogP contribution in [0.3, 0.4) is 0 Å². The number of aromatic nitrogens is 2. The minimum absolute atomic E-state index is 0.203. The molecule has 200 valence electrons. The molecule has 0 bridgehead atoms. The lowest BCUT2D eigenvalue weighted by molar-refractivity contribution is -0.137. The molecule has 1 N–H and O–H groups in total. The Labute approximate surface area is 216 Å². The van der Waals surface area contributed by atoms with Crippen LogP contribution in [0.15, 0.2) is 36.5 Å². The van der Waals surface area contributed by atoms with Crippen molar-refractivity contribution in [3.8, 4) is 0 Å². The van der Waals surface area contributed by atoms with Crippen molar-refractivity contribution in [3.63, 3.8) is 0 Å². The highest BCUT2D eigenvalue weighted by Gasteiger charge is 2.34.